The first-order valence-corrected chi connectivity index (χ1v) is 11.6. The van der Waals surface area contributed by atoms with Crippen LogP contribution < -0.4 is 11.2 Å². The van der Waals surface area contributed by atoms with Crippen LogP contribution >= 0.6 is 0 Å². The summed E-state index contributed by atoms with van der Waals surface area (Å²) in [6, 6.07) is 2.47. The quantitative estimate of drug-likeness (QED) is 0.427. The Morgan fingerprint density at radius 2 is 1.62 bits per heavy atom. The van der Waals surface area contributed by atoms with Crippen LogP contribution in [0.5, 0.6) is 0 Å². The van der Waals surface area contributed by atoms with Gasteiger partial charge in [0.15, 0.2) is 0 Å². The van der Waals surface area contributed by atoms with Gasteiger partial charge in [0.1, 0.15) is 0 Å². The molecule has 6 nitrogen and oxygen atoms in total. The zero-order valence-corrected chi connectivity index (χ0v) is 16.5. The zero-order valence-electron chi connectivity index (χ0n) is 15.5. The summed E-state index contributed by atoms with van der Waals surface area (Å²) in [5.41, 5.74) is -0.437. The van der Waals surface area contributed by atoms with Crippen molar-refractivity contribution in [3.63, 3.8) is 0 Å². The molecule has 0 aromatic carbocycles. The maximum absolute atomic E-state index is 12.1. The van der Waals surface area contributed by atoms with Gasteiger partial charge in [0.2, 0.25) is 0 Å². The van der Waals surface area contributed by atoms with E-state index in [-0.39, 0.29) is 11.2 Å². The van der Waals surface area contributed by atoms with Crippen molar-refractivity contribution in [2.24, 2.45) is 0 Å². The largest absolute Gasteiger partial charge is 0.395 e. The molecule has 24 heavy (non-hydrogen) atoms. The van der Waals surface area contributed by atoms with E-state index in [1.54, 1.807) is 10.8 Å². The molecule has 0 atom stereocenters. The fourth-order valence-corrected chi connectivity index (χ4v) is 5.38. The highest BCUT2D eigenvalue weighted by molar-refractivity contribution is 6.66. The Bertz CT molecular complexity index is 591. The minimum absolute atomic E-state index is 0.210. The van der Waals surface area contributed by atoms with Crippen LogP contribution in [0.25, 0.3) is 0 Å². The van der Waals surface area contributed by atoms with Crippen molar-refractivity contribution in [2.75, 3.05) is 13.2 Å². The Kier molecular flexibility index (Phi) is 9.24. The highest BCUT2D eigenvalue weighted by Gasteiger charge is 2.29. The number of hydrogen-bond donors (Lipinski definition) is 0. The average Bonchev–Trinajstić information content (AvgIpc) is 2.53. The molecular weight excluding hydrogens is 324 g/mol. The molecule has 0 aliphatic heterocycles. The van der Waals surface area contributed by atoms with E-state index in [2.05, 4.69) is 6.55 Å². The lowest BCUT2D eigenvalue weighted by Gasteiger charge is -2.25. The van der Waals surface area contributed by atoms with Crippen LogP contribution in [-0.4, -0.2) is 30.9 Å². The first-order valence-electron chi connectivity index (χ1n) is 9.05. The summed E-state index contributed by atoms with van der Waals surface area (Å²) in [5.74, 6) is 0. The molecule has 0 N–H and O–H groups in total. The lowest BCUT2D eigenvalue weighted by molar-refractivity contribution is 0.188. The standard InChI is InChI=1S/C17H32N2O4Si/c1-5-19-16(20)12-14-18(17(19)21)13-10-8-9-11-15-24(4,22-6-2)23-7-3/h12,14H,5-11,13,15H2,1-4H3. The number of unbranched alkanes of at least 4 members (excludes halogenated alkanes) is 3. The van der Waals surface area contributed by atoms with Crippen molar-refractivity contribution >= 4 is 8.56 Å². The summed E-state index contributed by atoms with van der Waals surface area (Å²) in [4.78, 5) is 23.7. The van der Waals surface area contributed by atoms with Crippen molar-refractivity contribution < 1.29 is 8.85 Å². The molecule has 1 aromatic heterocycles. The summed E-state index contributed by atoms with van der Waals surface area (Å²) in [7, 11) is -1.99. The summed E-state index contributed by atoms with van der Waals surface area (Å²) >= 11 is 0. The van der Waals surface area contributed by atoms with E-state index >= 15 is 0 Å². The minimum Gasteiger partial charge on any atom is -0.395 e. The van der Waals surface area contributed by atoms with Crippen LogP contribution in [-0.2, 0) is 21.9 Å². The van der Waals surface area contributed by atoms with E-state index in [1.807, 2.05) is 20.8 Å². The van der Waals surface area contributed by atoms with Gasteiger partial charge in [-0.3, -0.25) is 9.36 Å². The van der Waals surface area contributed by atoms with Crippen LogP contribution in [0.1, 0.15) is 46.5 Å². The van der Waals surface area contributed by atoms with Crippen molar-refractivity contribution in [3.8, 4) is 0 Å². The van der Waals surface area contributed by atoms with Gasteiger partial charge in [0, 0.05) is 38.6 Å². The Balaban J connectivity index is 2.37. The fourth-order valence-electron chi connectivity index (χ4n) is 2.90. The van der Waals surface area contributed by atoms with Crippen LogP contribution in [0.3, 0.4) is 0 Å². The molecular formula is C17H32N2O4Si. The predicted octanol–water partition coefficient (Wildman–Crippen LogP) is 2.74. The van der Waals surface area contributed by atoms with Gasteiger partial charge >= 0.3 is 14.3 Å². The van der Waals surface area contributed by atoms with Gasteiger partial charge in [0.25, 0.3) is 5.56 Å². The highest BCUT2D eigenvalue weighted by atomic mass is 28.4. The van der Waals surface area contributed by atoms with E-state index in [1.165, 1.54) is 10.6 Å². The molecule has 0 aliphatic rings. The van der Waals surface area contributed by atoms with E-state index in [0.717, 1.165) is 31.7 Å². The van der Waals surface area contributed by atoms with Crippen LogP contribution in [0.4, 0.5) is 0 Å². The lowest BCUT2D eigenvalue weighted by Crippen LogP contribution is -2.38. The molecule has 0 bridgehead atoms. The van der Waals surface area contributed by atoms with Gasteiger partial charge in [-0.05, 0) is 39.8 Å². The smallest absolute Gasteiger partial charge is 0.334 e. The van der Waals surface area contributed by atoms with E-state index < -0.39 is 8.56 Å². The van der Waals surface area contributed by atoms with Gasteiger partial charge in [-0.2, -0.15) is 0 Å². The molecule has 0 aliphatic carbocycles. The Labute approximate surface area is 145 Å². The van der Waals surface area contributed by atoms with Crippen molar-refractivity contribution in [1.29, 1.82) is 0 Å². The molecule has 0 saturated heterocycles. The molecule has 7 heteroatoms. The number of rotatable bonds is 12. The van der Waals surface area contributed by atoms with Crippen molar-refractivity contribution in [3.05, 3.63) is 33.1 Å². The third-order valence-corrected chi connectivity index (χ3v) is 7.20. The van der Waals surface area contributed by atoms with E-state index in [9.17, 15) is 9.59 Å². The first-order chi connectivity index (χ1) is 11.5. The molecule has 0 amide bonds. The van der Waals surface area contributed by atoms with E-state index in [4.69, 9.17) is 8.85 Å². The van der Waals surface area contributed by atoms with Crippen molar-refractivity contribution in [1.82, 2.24) is 9.13 Å². The lowest BCUT2D eigenvalue weighted by atomic mass is 10.2. The topological polar surface area (TPSA) is 62.5 Å². The third-order valence-electron chi connectivity index (χ3n) is 4.14. The Hall–Kier alpha value is -1.18. The van der Waals surface area contributed by atoms with Gasteiger partial charge in [0.05, 0.1) is 0 Å². The van der Waals surface area contributed by atoms with Gasteiger partial charge in [-0.25, -0.2) is 4.79 Å². The summed E-state index contributed by atoms with van der Waals surface area (Å²) in [5, 5.41) is 0. The minimum atomic E-state index is -1.99. The Morgan fingerprint density at radius 3 is 2.21 bits per heavy atom. The fraction of sp³-hybridized carbons (Fsp3) is 0.765. The number of aryl methyl sites for hydroxylation is 1. The molecule has 0 spiro atoms. The maximum atomic E-state index is 12.1. The molecule has 138 valence electrons. The molecule has 0 saturated carbocycles. The monoisotopic (exact) mass is 356 g/mol. The van der Waals surface area contributed by atoms with Crippen LogP contribution in [0.2, 0.25) is 12.6 Å². The van der Waals surface area contributed by atoms with Gasteiger partial charge in [-0.1, -0.05) is 19.3 Å². The SMILES string of the molecule is CCO[Si](C)(CCCCCCn1ccc(=O)n(CC)c1=O)OCC. The summed E-state index contributed by atoms with van der Waals surface area (Å²) in [6.07, 6.45) is 5.78. The van der Waals surface area contributed by atoms with Gasteiger partial charge in [-0.15, -0.1) is 0 Å². The van der Waals surface area contributed by atoms with Crippen LogP contribution in [0, 0.1) is 0 Å². The number of hydrogen-bond acceptors (Lipinski definition) is 4. The second-order valence-electron chi connectivity index (χ2n) is 6.04. The second-order valence-corrected chi connectivity index (χ2v) is 9.38. The van der Waals surface area contributed by atoms with Crippen LogP contribution in [0.15, 0.2) is 21.9 Å². The van der Waals surface area contributed by atoms with Gasteiger partial charge < -0.3 is 13.4 Å². The average molecular weight is 357 g/mol. The predicted molar refractivity (Wildman–Crippen MR) is 98.8 cm³/mol. The molecule has 1 heterocycles. The molecule has 0 unspecified atom stereocenters. The number of nitrogens with zero attached hydrogens (tertiary/aromatic N) is 2. The first kappa shape index (κ1) is 20.9. The number of aromatic nitrogens is 2. The van der Waals surface area contributed by atoms with E-state index in [0.29, 0.717) is 26.3 Å². The Morgan fingerprint density at radius 1 is 1.00 bits per heavy atom. The third kappa shape index (κ3) is 6.37. The second kappa shape index (κ2) is 10.6. The maximum Gasteiger partial charge on any atom is 0.334 e. The van der Waals surface area contributed by atoms with Crippen molar-refractivity contribution in [2.45, 2.75) is 72.1 Å². The zero-order chi connectivity index (χ0) is 18.0. The molecule has 1 aromatic rings. The molecule has 1 rings (SSSR count). The summed E-state index contributed by atoms with van der Waals surface area (Å²) in [6.45, 7) is 10.5. The summed E-state index contributed by atoms with van der Waals surface area (Å²) < 4.78 is 14.6. The normalized spacial score (nSPS) is 11.8. The molecule has 0 radical (unpaired) electrons. The highest BCUT2D eigenvalue weighted by Crippen LogP contribution is 2.18. The molecule has 0 fully saturated rings.